The van der Waals surface area contributed by atoms with Crippen LogP contribution in [0, 0.1) is 0 Å². The minimum atomic E-state index is -0.721. The number of amides is 4. The molecule has 2 unspecified atom stereocenters. The van der Waals surface area contributed by atoms with E-state index in [1.54, 1.807) is 36.4 Å². The molecule has 0 fully saturated rings. The van der Waals surface area contributed by atoms with E-state index < -0.39 is 11.9 Å². The number of carbonyl (C=O) groups excluding carboxylic acids is 3. The third kappa shape index (κ3) is 5.83. The van der Waals surface area contributed by atoms with E-state index in [-0.39, 0.29) is 30.1 Å². The first-order valence-corrected chi connectivity index (χ1v) is 11.2. The molecule has 4 amide bonds. The summed E-state index contributed by atoms with van der Waals surface area (Å²) in [6.07, 6.45) is 0.127. The molecule has 1 heterocycles. The van der Waals surface area contributed by atoms with Gasteiger partial charge in [-0.1, -0.05) is 48.5 Å². The van der Waals surface area contributed by atoms with E-state index in [1.807, 2.05) is 55.5 Å². The highest BCUT2D eigenvalue weighted by Gasteiger charge is 2.35. The third-order valence-electron chi connectivity index (χ3n) is 5.57. The topological polar surface area (TPSA) is 129 Å². The molecule has 1 aliphatic heterocycles. The Hall–Kier alpha value is -4.66. The maximum Gasteiger partial charge on any atom is 0.323 e. The molecular weight excluding hydrogens is 444 g/mol. The van der Waals surface area contributed by atoms with Crippen LogP contribution in [0.25, 0.3) is 0 Å². The van der Waals surface area contributed by atoms with Crippen LogP contribution in [0.4, 0.5) is 21.9 Å². The zero-order valence-electron chi connectivity index (χ0n) is 19.1. The van der Waals surface area contributed by atoms with Crippen molar-refractivity contribution in [2.75, 3.05) is 15.6 Å². The van der Waals surface area contributed by atoms with Crippen LogP contribution >= 0.6 is 0 Å². The summed E-state index contributed by atoms with van der Waals surface area (Å²) in [5, 5.41) is 14.3. The number of nitrogens with two attached hydrogens (primary N) is 1. The molecule has 9 nitrogen and oxygen atoms in total. The molecular formula is C26H26N6O3. The average molecular weight is 471 g/mol. The summed E-state index contributed by atoms with van der Waals surface area (Å²) in [5.74, 6) is -0.917. The summed E-state index contributed by atoms with van der Waals surface area (Å²) in [6.45, 7) is 1.85. The number of urea groups is 1. The second kappa shape index (κ2) is 10.5. The zero-order chi connectivity index (χ0) is 24.8. The van der Waals surface area contributed by atoms with Gasteiger partial charge in [0.05, 0.1) is 11.7 Å². The normalized spacial score (nSPS) is 15.6. The number of hydrazone groups is 1. The van der Waals surface area contributed by atoms with Gasteiger partial charge in [-0.05, 0) is 48.9 Å². The molecule has 0 spiro atoms. The summed E-state index contributed by atoms with van der Waals surface area (Å²) in [4.78, 5) is 37.0. The lowest BCUT2D eigenvalue weighted by atomic mass is 10.1. The van der Waals surface area contributed by atoms with E-state index in [1.165, 1.54) is 5.01 Å². The molecule has 0 bridgehead atoms. The highest BCUT2D eigenvalue weighted by molar-refractivity contribution is 6.40. The molecule has 178 valence electrons. The third-order valence-corrected chi connectivity index (χ3v) is 5.57. The van der Waals surface area contributed by atoms with Crippen molar-refractivity contribution >= 4 is 40.6 Å². The van der Waals surface area contributed by atoms with E-state index in [2.05, 4.69) is 21.1 Å². The van der Waals surface area contributed by atoms with Gasteiger partial charge in [0.2, 0.25) is 5.91 Å². The molecule has 2 atom stereocenters. The fourth-order valence-corrected chi connectivity index (χ4v) is 3.72. The van der Waals surface area contributed by atoms with Gasteiger partial charge in [-0.15, -0.1) is 0 Å². The number of carbonyl (C=O) groups is 3. The molecule has 3 aromatic rings. The highest BCUT2D eigenvalue weighted by Crippen LogP contribution is 2.25. The number of nitrogens with zero attached hydrogens (tertiary/aromatic N) is 2. The largest absolute Gasteiger partial charge is 0.368 e. The Kier molecular flexibility index (Phi) is 7.06. The van der Waals surface area contributed by atoms with Crippen molar-refractivity contribution in [2.24, 2.45) is 10.8 Å². The highest BCUT2D eigenvalue weighted by atomic mass is 16.2. The van der Waals surface area contributed by atoms with Crippen LogP contribution in [0.15, 0.2) is 90.0 Å². The molecule has 35 heavy (non-hydrogen) atoms. The number of anilines is 3. The summed E-state index contributed by atoms with van der Waals surface area (Å²) in [7, 11) is 0. The fraction of sp³-hybridized carbons (Fsp3) is 0.154. The minimum absolute atomic E-state index is 0.127. The standard InChI is InChI=1S/C26H26N6O3/c1-17(18-12-14-20(15-13-18)30-26(35)29-19-8-4-2-5-9-19)28-25(34)22-16-23(24(27)33)32(31-22)21-10-6-3-7-11-21/h2-15,17,23H,16H2,1H3,(H2,27,33)(H,28,34)(H2,29,30,35). The average Bonchev–Trinajstić information content (AvgIpc) is 3.32. The second-order valence-electron chi connectivity index (χ2n) is 8.11. The Morgan fingerprint density at radius 2 is 1.46 bits per heavy atom. The first-order chi connectivity index (χ1) is 16.9. The Labute approximate surface area is 203 Å². The smallest absolute Gasteiger partial charge is 0.323 e. The van der Waals surface area contributed by atoms with Gasteiger partial charge in [0.25, 0.3) is 5.91 Å². The minimum Gasteiger partial charge on any atom is -0.368 e. The summed E-state index contributed by atoms with van der Waals surface area (Å²) in [5.41, 5.74) is 8.63. The van der Waals surface area contributed by atoms with E-state index in [9.17, 15) is 14.4 Å². The maximum absolute atomic E-state index is 12.9. The van der Waals surface area contributed by atoms with Crippen LogP contribution in [0.2, 0.25) is 0 Å². The molecule has 1 aliphatic rings. The fourth-order valence-electron chi connectivity index (χ4n) is 3.72. The second-order valence-corrected chi connectivity index (χ2v) is 8.11. The Bertz CT molecular complexity index is 1230. The van der Waals surface area contributed by atoms with Gasteiger partial charge in [-0.3, -0.25) is 14.6 Å². The molecule has 0 saturated heterocycles. The summed E-state index contributed by atoms with van der Waals surface area (Å²) in [6, 6.07) is 24.0. The van der Waals surface area contributed by atoms with Crippen molar-refractivity contribution in [3.05, 3.63) is 90.5 Å². The van der Waals surface area contributed by atoms with Crippen molar-refractivity contribution in [3.63, 3.8) is 0 Å². The van der Waals surface area contributed by atoms with Crippen LogP contribution in [0.3, 0.4) is 0 Å². The number of para-hydroxylation sites is 2. The van der Waals surface area contributed by atoms with Crippen molar-refractivity contribution in [3.8, 4) is 0 Å². The van der Waals surface area contributed by atoms with Gasteiger partial charge < -0.3 is 21.7 Å². The number of primary amides is 1. The van der Waals surface area contributed by atoms with Crippen LogP contribution < -0.4 is 26.7 Å². The molecule has 4 rings (SSSR count). The van der Waals surface area contributed by atoms with Crippen molar-refractivity contribution in [2.45, 2.75) is 25.4 Å². The van der Waals surface area contributed by atoms with Crippen molar-refractivity contribution in [1.82, 2.24) is 5.32 Å². The molecule has 0 aromatic heterocycles. The quantitative estimate of drug-likeness (QED) is 0.420. The van der Waals surface area contributed by atoms with Crippen LogP contribution in [0.5, 0.6) is 0 Å². The molecule has 5 N–H and O–H groups in total. The molecule has 9 heteroatoms. The van der Waals surface area contributed by atoms with Gasteiger partial charge in [-0.25, -0.2) is 4.79 Å². The lowest BCUT2D eigenvalue weighted by Gasteiger charge is -2.20. The summed E-state index contributed by atoms with van der Waals surface area (Å²) < 4.78 is 0. The van der Waals surface area contributed by atoms with Gasteiger partial charge in [-0.2, -0.15) is 5.10 Å². The van der Waals surface area contributed by atoms with Crippen LogP contribution in [-0.2, 0) is 9.59 Å². The monoisotopic (exact) mass is 470 g/mol. The molecule has 0 radical (unpaired) electrons. The molecule has 3 aromatic carbocycles. The molecule has 0 aliphatic carbocycles. The molecule has 0 saturated carbocycles. The predicted molar refractivity (Wildman–Crippen MR) is 136 cm³/mol. The number of rotatable bonds is 7. The predicted octanol–water partition coefficient (Wildman–Crippen LogP) is 3.63. The first kappa shape index (κ1) is 23.5. The Balaban J connectivity index is 1.36. The van der Waals surface area contributed by atoms with Crippen LogP contribution in [0.1, 0.15) is 24.9 Å². The number of hydrogen-bond donors (Lipinski definition) is 4. The van der Waals surface area contributed by atoms with E-state index in [0.717, 1.165) is 5.56 Å². The lowest BCUT2D eigenvalue weighted by molar-refractivity contribution is -0.119. The van der Waals surface area contributed by atoms with Gasteiger partial charge in [0.15, 0.2) is 0 Å². The Morgan fingerprint density at radius 1 is 0.886 bits per heavy atom. The van der Waals surface area contributed by atoms with E-state index in [4.69, 9.17) is 5.73 Å². The number of nitrogens with one attached hydrogen (secondary N) is 3. The van der Waals surface area contributed by atoms with E-state index >= 15 is 0 Å². The SMILES string of the molecule is CC(NC(=O)C1=NN(c2ccccc2)C(C(N)=O)C1)c1ccc(NC(=O)Nc2ccccc2)cc1. The number of hydrogen-bond acceptors (Lipinski definition) is 5. The first-order valence-electron chi connectivity index (χ1n) is 11.2. The maximum atomic E-state index is 12.9. The lowest BCUT2D eigenvalue weighted by Crippen LogP contribution is -2.40. The van der Waals surface area contributed by atoms with Crippen LogP contribution in [-0.4, -0.2) is 29.6 Å². The summed E-state index contributed by atoms with van der Waals surface area (Å²) >= 11 is 0. The van der Waals surface area contributed by atoms with Gasteiger partial charge in [0, 0.05) is 17.8 Å². The Morgan fingerprint density at radius 3 is 2.06 bits per heavy atom. The van der Waals surface area contributed by atoms with E-state index in [0.29, 0.717) is 17.1 Å². The van der Waals surface area contributed by atoms with Crippen molar-refractivity contribution < 1.29 is 14.4 Å². The van der Waals surface area contributed by atoms with Gasteiger partial charge >= 0.3 is 6.03 Å². The zero-order valence-corrected chi connectivity index (χ0v) is 19.1. The van der Waals surface area contributed by atoms with Gasteiger partial charge in [0.1, 0.15) is 11.8 Å². The van der Waals surface area contributed by atoms with Crippen molar-refractivity contribution in [1.29, 1.82) is 0 Å². The number of benzene rings is 3.